The number of rotatable bonds is 3. The van der Waals surface area contributed by atoms with Crippen LogP contribution in [0.25, 0.3) is 0 Å². The van der Waals surface area contributed by atoms with Crippen LogP contribution in [0.3, 0.4) is 0 Å². The van der Waals surface area contributed by atoms with Gasteiger partial charge in [-0.25, -0.2) is 4.79 Å². The maximum atomic E-state index is 11.3. The molecule has 1 amide bonds. The number of benzene rings is 1. The number of ether oxygens (including phenoxy) is 1. The van der Waals surface area contributed by atoms with Crippen LogP contribution in [0.5, 0.6) is 0 Å². The van der Waals surface area contributed by atoms with E-state index < -0.39 is 5.60 Å². The van der Waals surface area contributed by atoms with E-state index in [2.05, 4.69) is 11.4 Å². The summed E-state index contributed by atoms with van der Waals surface area (Å²) in [5, 5.41) is 2.72. The summed E-state index contributed by atoms with van der Waals surface area (Å²) in [7, 11) is 0. The fourth-order valence-electron chi connectivity index (χ4n) is 1.21. The van der Waals surface area contributed by atoms with E-state index in [1.807, 2.05) is 45.0 Å². The zero-order valence-corrected chi connectivity index (χ0v) is 16.0. The monoisotopic (exact) mass is 305 g/mol. The number of amides is 1. The van der Waals surface area contributed by atoms with Crippen LogP contribution in [-0.2, 0) is 11.2 Å². The van der Waals surface area contributed by atoms with Crippen molar-refractivity contribution in [2.75, 3.05) is 6.54 Å². The van der Waals surface area contributed by atoms with Crippen LogP contribution >= 0.6 is 0 Å². The smallest absolute Gasteiger partial charge is 0.444 e. The molecule has 88 valence electrons. The van der Waals surface area contributed by atoms with E-state index in [9.17, 15) is 4.79 Å². The molecule has 0 unspecified atom stereocenters. The number of hydrogen-bond acceptors (Lipinski definition) is 2. The van der Waals surface area contributed by atoms with Gasteiger partial charge < -0.3 is 10.1 Å². The van der Waals surface area contributed by atoms with E-state index in [-0.39, 0.29) is 64.3 Å². The van der Waals surface area contributed by atoms with Crippen molar-refractivity contribution in [3.8, 4) is 0 Å². The van der Waals surface area contributed by atoms with Crippen LogP contribution in [0, 0.1) is 6.07 Å². The van der Waals surface area contributed by atoms with Gasteiger partial charge in [-0.05, 0) is 27.2 Å². The van der Waals surface area contributed by atoms with Crippen molar-refractivity contribution in [3.63, 3.8) is 0 Å². The molecule has 1 rings (SSSR count). The first kappa shape index (κ1) is 17.3. The summed E-state index contributed by atoms with van der Waals surface area (Å²) in [6.07, 6.45) is 0.434. The van der Waals surface area contributed by atoms with E-state index in [1.165, 1.54) is 5.56 Å². The van der Waals surface area contributed by atoms with E-state index in [0.717, 1.165) is 6.42 Å². The Balaban J connectivity index is 0.00000256. The zero-order chi connectivity index (χ0) is 12.0. The largest absolute Gasteiger partial charge is 1.00 e. The molecule has 0 heterocycles. The number of carbonyl (C=O) groups excluding carboxylic acids is 1. The second kappa shape index (κ2) is 8.41. The summed E-state index contributed by atoms with van der Waals surface area (Å²) in [6, 6.07) is 10.6. The third-order valence-electron chi connectivity index (χ3n) is 1.87. The van der Waals surface area contributed by atoms with Crippen molar-refractivity contribution in [1.82, 2.24) is 5.32 Å². The third-order valence-corrected chi connectivity index (χ3v) is 1.87. The molecular formula is C13H18NO2Rb. The summed E-state index contributed by atoms with van der Waals surface area (Å²) in [5.41, 5.74) is 0.737. The molecule has 0 bridgehead atoms. The van der Waals surface area contributed by atoms with Crippen molar-refractivity contribution in [2.45, 2.75) is 32.8 Å². The minimum absolute atomic E-state index is 0. The Morgan fingerprint density at radius 2 is 1.94 bits per heavy atom. The summed E-state index contributed by atoms with van der Waals surface area (Å²) in [5.74, 6) is 0. The third kappa shape index (κ3) is 8.94. The molecule has 0 aliphatic heterocycles. The quantitative estimate of drug-likeness (QED) is 0.769. The molecule has 1 N–H and O–H groups in total. The molecule has 0 saturated heterocycles. The second-order valence-corrected chi connectivity index (χ2v) is 4.59. The predicted molar refractivity (Wildman–Crippen MR) is 63.2 cm³/mol. The standard InChI is InChI=1S/C13H18NO2.Rb/c1-13(2,3)16-12(15)14-10-9-11-7-5-4-6-8-11;/h5-8H,9-10H2,1-3H3,(H,14,15);/q-1;+1. The molecular weight excluding hydrogens is 288 g/mol. The van der Waals surface area contributed by atoms with Gasteiger partial charge in [-0.3, -0.25) is 0 Å². The van der Waals surface area contributed by atoms with Crippen molar-refractivity contribution in [1.29, 1.82) is 0 Å². The molecule has 0 aliphatic carbocycles. The van der Waals surface area contributed by atoms with Gasteiger partial charge in [0.05, 0.1) is 0 Å². The van der Waals surface area contributed by atoms with E-state index in [1.54, 1.807) is 0 Å². The van der Waals surface area contributed by atoms with E-state index in [4.69, 9.17) is 4.74 Å². The van der Waals surface area contributed by atoms with Crippen molar-refractivity contribution >= 4 is 6.09 Å². The molecule has 0 radical (unpaired) electrons. The van der Waals surface area contributed by atoms with Gasteiger partial charge in [-0.2, -0.15) is 35.9 Å². The van der Waals surface area contributed by atoms with E-state index in [0.29, 0.717) is 6.54 Å². The summed E-state index contributed by atoms with van der Waals surface area (Å²) in [4.78, 5) is 11.3. The SMILES string of the molecule is CC(C)(C)OC(=O)NCCc1cc[c-]cc1.[Rb+]. The fourth-order valence-corrected chi connectivity index (χ4v) is 1.21. The predicted octanol–water partition coefficient (Wildman–Crippen LogP) is -0.442. The summed E-state index contributed by atoms with van der Waals surface area (Å²) in [6.45, 7) is 6.12. The first-order valence-electron chi connectivity index (χ1n) is 5.39. The van der Waals surface area contributed by atoms with Crippen LogP contribution in [0.15, 0.2) is 24.3 Å². The minimum Gasteiger partial charge on any atom is -0.444 e. The minimum atomic E-state index is -0.439. The molecule has 0 fully saturated rings. The first-order chi connectivity index (χ1) is 7.47. The summed E-state index contributed by atoms with van der Waals surface area (Å²) < 4.78 is 5.12. The van der Waals surface area contributed by atoms with Crippen LogP contribution < -0.4 is 63.5 Å². The molecule has 17 heavy (non-hydrogen) atoms. The van der Waals surface area contributed by atoms with Crippen molar-refractivity contribution < 1.29 is 67.7 Å². The van der Waals surface area contributed by atoms with Gasteiger partial charge in [0, 0.05) is 6.54 Å². The molecule has 4 heteroatoms. The van der Waals surface area contributed by atoms with Crippen molar-refractivity contribution in [3.05, 3.63) is 35.9 Å². The maximum absolute atomic E-state index is 11.3. The van der Waals surface area contributed by atoms with Crippen LogP contribution in [0.4, 0.5) is 4.79 Å². The van der Waals surface area contributed by atoms with Crippen molar-refractivity contribution in [2.24, 2.45) is 0 Å². The molecule has 0 spiro atoms. The topological polar surface area (TPSA) is 38.3 Å². The molecule has 3 nitrogen and oxygen atoms in total. The average Bonchev–Trinajstić information content (AvgIpc) is 2.16. The van der Waals surface area contributed by atoms with Crippen LogP contribution in [-0.4, -0.2) is 18.2 Å². The Morgan fingerprint density at radius 1 is 1.35 bits per heavy atom. The number of carbonyl (C=O) groups is 1. The van der Waals surface area contributed by atoms with Gasteiger partial charge in [-0.15, -0.1) is 0 Å². The van der Waals surface area contributed by atoms with Gasteiger partial charge in [0.1, 0.15) is 5.60 Å². The molecule has 1 aromatic carbocycles. The number of nitrogens with one attached hydrogen (secondary N) is 1. The number of alkyl carbamates (subject to hydrolysis) is 1. The molecule has 0 aliphatic rings. The van der Waals surface area contributed by atoms with E-state index >= 15 is 0 Å². The molecule has 1 aromatic rings. The first-order valence-corrected chi connectivity index (χ1v) is 5.39. The van der Waals surface area contributed by atoms with Gasteiger partial charge >= 0.3 is 64.3 Å². The Morgan fingerprint density at radius 3 is 2.47 bits per heavy atom. The second-order valence-electron chi connectivity index (χ2n) is 4.59. The Hall–Kier alpha value is 0.295. The van der Waals surface area contributed by atoms with Crippen LogP contribution in [0.2, 0.25) is 0 Å². The van der Waals surface area contributed by atoms with Gasteiger partial charge in [-0.1, -0.05) is 0 Å². The normalized spacial score (nSPS) is 10.3. The maximum Gasteiger partial charge on any atom is 1.00 e. The molecule has 0 aromatic heterocycles. The fraction of sp³-hybridized carbons (Fsp3) is 0.462. The number of hydrogen-bond donors (Lipinski definition) is 1. The van der Waals surface area contributed by atoms with Gasteiger partial charge in [0.25, 0.3) is 0 Å². The molecule has 0 atom stereocenters. The Labute approximate surface area is 152 Å². The van der Waals surface area contributed by atoms with Crippen LogP contribution in [0.1, 0.15) is 26.3 Å². The van der Waals surface area contributed by atoms with Gasteiger partial charge in [0.15, 0.2) is 0 Å². The van der Waals surface area contributed by atoms with Gasteiger partial charge in [0.2, 0.25) is 0 Å². The average molecular weight is 306 g/mol. The molecule has 0 saturated carbocycles. The zero-order valence-electron chi connectivity index (χ0n) is 11.0. The Bertz CT molecular complexity index is 333. The summed E-state index contributed by atoms with van der Waals surface area (Å²) >= 11 is 0. The Kier molecular flexibility index (Phi) is 8.55.